The minimum atomic E-state index is -0.674. The number of hydrogen-bond acceptors (Lipinski definition) is 3. The van der Waals surface area contributed by atoms with Crippen molar-refractivity contribution in [2.45, 2.75) is 32.3 Å². The van der Waals surface area contributed by atoms with Gasteiger partial charge in [0.25, 0.3) is 0 Å². The molecule has 2 aliphatic rings. The lowest BCUT2D eigenvalue weighted by Gasteiger charge is -2.29. The van der Waals surface area contributed by atoms with E-state index in [9.17, 15) is 5.11 Å². The predicted octanol–water partition coefficient (Wildman–Crippen LogP) is 3.51. The van der Waals surface area contributed by atoms with Gasteiger partial charge in [0.1, 0.15) is 5.82 Å². The second-order valence-corrected chi connectivity index (χ2v) is 7.65. The molecule has 2 heterocycles. The fourth-order valence-electron chi connectivity index (χ4n) is 4.62. The number of aliphatic hydroxyl groups is 1. The summed E-state index contributed by atoms with van der Waals surface area (Å²) in [6, 6.07) is 16.4. The summed E-state index contributed by atoms with van der Waals surface area (Å²) in [5.74, 6) is 1.58. The molecule has 2 fully saturated rings. The van der Waals surface area contributed by atoms with Crippen molar-refractivity contribution >= 4 is 5.82 Å². The maximum Gasteiger partial charge on any atom is 0.128 e. The van der Waals surface area contributed by atoms with Gasteiger partial charge in [-0.2, -0.15) is 0 Å². The van der Waals surface area contributed by atoms with Crippen LogP contribution in [0.15, 0.2) is 48.5 Å². The third kappa shape index (κ3) is 2.43. The topological polar surface area (TPSA) is 36.4 Å². The van der Waals surface area contributed by atoms with Crippen molar-refractivity contribution in [2.24, 2.45) is 11.3 Å². The number of benzene rings is 1. The third-order valence-electron chi connectivity index (χ3n) is 5.77. The van der Waals surface area contributed by atoms with E-state index in [-0.39, 0.29) is 5.41 Å². The van der Waals surface area contributed by atoms with Crippen LogP contribution in [-0.4, -0.2) is 23.2 Å². The Labute approximate surface area is 138 Å². The number of anilines is 1. The fourth-order valence-corrected chi connectivity index (χ4v) is 4.62. The molecule has 0 amide bonds. The molecule has 1 aliphatic heterocycles. The van der Waals surface area contributed by atoms with E-state index < -0.39 is 5.60 Å². The van der Waals surface area contributed by atoms with Crippen molar-refractivity contribution < 1.29 is 5.11 Å². The highest BCUT2D eigenvalue weighted by molar-refractivity contribution is 5.43. The molecule has 1 aromatic heterocycles. The molecule has 1 saturated carbocycles. The van der Waals surface area contributed by atoms with Gasteiger partial charge in [-0.1, -0.05) is 43.3 Å². The highest BCUT2D eigenvalue weighted by atomic mass is 16.3. The summed E-state index contributed by atoms with van der Waals surface area (Å²) in [6.07, 6.45) is 1.67. The number of aromatic nitrogens is 1. The molecule has 0 unspecified atom stereocenters. The number of fused-ring (bicyclic) bond motifs is 1. The molecule has 2 aromatic rings. The molecule has 3 atom stereocenters. The van der Waals surface area contributed by atoms with Crippen molar-refractivity contribution in [3.63, 3.8) is 0 Å². The SMILES string of the molecule is Cc1cccc(N2C[C@H]3C[C@](O)(c4ccccc4)C[C@@]3(C)C2)n1. The lowest BCUT2D eigenvalue weighted by Crippen LogP contribution is -2.31. The van der Waals surface area contributed by atoms with Crippen molar-refractivity contribution in [2.75, 3.05) is 18.0 Å². The van der Waals surface area contributed by atoms with Gasteiger partial charge in [0.2, 0.25) is 0 Å². The number of pyridine rings is 1. The first-order valence-corrected chi connectivity index (χ1v) is 8.45. The Morgan fingerprint density at radius 2 is 1.91 bits per heavy atom. The van der Waals surface area contributed by atoms with E-state index in [1.54, 1.807) is 0 Å². The summed E-state index contributed by atoms with van der Waals surface area (Å²) in [5, 5.41) is 11.2. The van der Waals surface area contributed by atoms with Gasteiger partial charge >= 0.3 is 0 Å². The van der Waals surface area contributed by atoms with E-state index in [1.165, 1.54) is 0 Å². The van der Waals surface area contributed by atoms with Crippen LogP contribution in [-0.2, 0) is 5.60 Å². The molecule has 1 aliphatic carbocycles. The number of hydrogen-bond donors (Lipinski definition) is 1. The molecular formula is C20H24N2O. The molecule has 0 radical (unpaired) electrons. The van der Waals surface area contributed by atoms with E-state index in [0.29, 0.717) is 5.92 Å². The molecule has 120 valence electrons. The first kappa shape index (κ1) is 14.7. The molecule has 23 heavy (non-hydrogen) atoms. The van der Waals surface area contributed by atoms with Gasteiger partial charge in [0.15, 0.2) is 0 Å². The zero-order chi connectivity index (χ0) is 16.1. The average Bonchev–Trinajstić information content (AvgIpc) is 2.97. The van der Waals surface area contributed by atoms with Gasteiger partial charge in [0.05, 0.1) is 5.60 Å². The van der Waals surface area contributed by atoms with Crippen LogP contribution in [0.25, 0.3) is 0 Å². The van der Waals surface area contributed by atoms with E-state index in [0.717, 1.165) is 43.0 Å². The largest absolute Gasteiger partial charge is 0.385 e. The Morgan fingerprint density at radius 3 is 2.61 bits per heavy atom. The predicted molar refractivity (Wildman–Crippen MR) is 92.4 cm³/mol. The van der Waals surface area contributed by atoms with Crippen LogP contribution < -0.4 is 4.90 Å². The zero-order valence-corrected chi connectivity index (χ0v) is 13.9. The van der Waals surface area contributed by atoms with E-state index >= 15 is 0 Å². The number of aryl methyl sites for hydroxylation is 1. The molecule has 3 nitrogen and oxygen atoms in total. The summed E-state index contributed by atoms with van der Waals surface area (Å²) >= 11 is 0. The summed E-state index contributed by atoms with van der Waals surface area (Å²) < 4.78 is 0. The lowest BCUT2D eigenvalue weighted by atomic mass is 9.82. The fraction of sp³-hybridized carbons (Fsp3) is 0.450. The minimum absolute atomic E-state index is 0.149. The van der Waals surface area contributed by atoms with Crippen LogP contribution in [0.4, 0.5) is 5.82 Å². The smallest absolute Gasteiger partial charge is 0.128 e. The molecule has 1 N–H and O–H groups in total. The maximum absolute atomic E-state index is 11.2. The van der Waals surface area contributed by atoms with Crippen LogP contribution in [0.3, 0.4) is 0 Å². The molecule has 0 spiro atoms. The lowest BCUT2D eigenvalue weighted by molar-refractivity contribution is 0.0311. The maximum atomic E-state index is 11.2. The molecule has 3 heteroatoms. The van der Waals surface area contributed by atoms with Crippen LogP contribution in [0.1, 0.15) is 31.0 Å². The van der Waals surface area contributed by atoms with Crippen molar-refractivity contribution in [3.05, 3.63) is 59.8 Å². The van der Waals surface area contributed by atoms with E-state index in [2.05, 4.69) is 41.1 Å². The van der Waals surface area contributed by atoms with Crippen LogP contribution >= 0.6 is 0 Å². The van der Waals surface area contributed by atoms with Gasteiger partial charge < -0.3 is 10.0 Å². The monoisotopic (exact) mass is 308 g/mol. The minimum Gasteiger partial charge on any atom is -0.385 e. The molecule has 0 bridgehead atoms. The molecule has 1 saturated heterocycles. The van der Waals surface area contributed by atoms with E-state index in [4.69, 9.17) is 0 Å². The van der Waals surface area contributed by atoms with Crippen LogP contribution in [0, 0.1) is 18.3 Å². The standard InChI is InChI=1S/C20H24N2O/c1-15-7-6-10-18(21-15)22-12-17-11-20(23,13-19(17,2)14-22)16-8-4-3-5-9-16/h3-10,17,23H,11-14H2,1-2H3/t17-,19+,20-/m1/s1. The normalized spacial score (nSPS) is 33.0. The van der Waals surface area contributed by atoms with Crippen molar-refractivity contribution in [1.82, 2.24) is 4.98 Å². The van der Waals surface area contributed by atoms with Crippen molar-refractivity contribution in [3.8, 4) is 0 Å². The van der Waals surface area contributed by atoms with Gasteiger partial charge in [-0.05, 0) is 48.8 Å². The van der Waals surface area contributed by atoms with Crippen molar-refractivity contribution in [1.29, 1.82) is 0 Å². The summed E-state index contributed by atoms with van der Waals surface area (Å²) in [4.78, 5) is 7.06. The highest BCUT2D eigenvalue weighted by Gasteiger charge is 2.56. The number of nitrogens with zero attached hydrogens (tertiary/aromatic N) is 2. The molecule has 4 rings (SSSR count). The van der Waals surface area contributed by atoms with Gasteiger partial charge in [-0.15, -0.1) is 0 Å². The van der Waals surface area contributed by atoms with Gasteiger partial charge in [-0.3, -0.25) is 0 Å². The quantitative estimate of drug-likeness (QED) is 0.922. The second kappa shape index (κ2) is 5.07. The van der Waals surface area contributed by atoms with E-state index in [1.807, 2.05) is 31.2 Å². The Kier molecular flexibility index (Phi) is 3.24. The molecule has 1 aromatic carbocycles. The Hall–Kier alpha value is -1.87. The van der Waals surface area contributed by atoms with Gasteiger partial charge in [0, 0.05) is 18.8 Å². The van der Waals surface area contributed by atoms with Crippen LogP contribution in [0.5, 0.6) is 0 Å². The first-order valence-electron chi connectivity index (χ1n) is 8.45. The highest BCUT2D eigenvalue weighted by Crippen LogP contribution is 2.56. The molecular weight excluding hydrogens is 284 g/mol. The summed E-state index contributed by atoms with van der Waals surface area (Å²) in [7, 11) is 0. The summed E-state index contributed by atoms with van der Waals surface area (Å²) in [5.41, 5.74) is 1.60. The Bertz CT molecular complexity index is 717. The average molecular weight is 308 g/mol. The third-order valence-corrected chi connectivity index (χ3v) is 5.77. The van der Waals surface area contributed by atoms with Gasteiger partial charge in [-0.25, -0.2) is 4.98 Å². The zero-order valence-electron chi connectivity index (χ0n) is 13.9. The van der Waals surface area contributed by atoms with Crippen LogP contribution in [0.2, 0.25) is 0 Å². The Morgan fingerprint density at radius 1 is 1.13 bits per heavy atom. The first-order chi connectivity index (χ1) is 11.0. The summed E-state index contributed by atoms with van der Waals surface area (Å²) in [6.45, 7) is 6.33. The Balaban J connectivity index is 1.57. The second-order valence-electron chi connectivity index (χ2n) is 7.65. The number of rotatable bonds is 2.